The third-order valence-corrected chi connectivity index (χ3v) is 4.62. The van der Waals surface area contributed by atoms with Gasteiger partial charge in [0, 0.05) is 18.5 Å². The minimum Gasteiger partial charge on any atom is -0.465 e. The Kier molecular flexibility index (Phi) is 4.99. The molecular weight excluding hydrogens is 372 g/mol. The molecule has 3 heterocycles. The third-order valence-electron chi connectivity index (χ3n) is 4.62. The van der Waals surface area contributed by atoms with E-state index in [1.807, 2.05) is 50.2 Å². The molecule has 0 bridgehead atoms. The largest absolute Gasteiger partial charge is 0.465 e. The Morgan fingerprint density at radius 3 is 2.66 bits per heavy atom. The number of benzene rings is 1. The van der Waals surface area contributed by atoms with Gasteiger partial charge in [0.1, 0.15) is 28.9 Å². The molecule has 0 aliphatic rings. The number of hydrogen-bond acceptors (Lipinski definition) is 6. The van der Waals surface area contributed by atoms with Gasteiger partial charge in [0.05, 0.1) is 6.54 Å². The molecule has 1 N–H and O–H groups in total. The third kappa shape index (κ3) is 3.96. The van der Waals surface area contributed by atoms with Crippen LogP contribution in [0.5, 0.6) is 0 Å². The van der Waals surface area contributed by atoms with Gasteiger partial charge in [-0.25, -0.2) is 4.98 Å². The lowest BCUT2D eigenvalue weighted by Gasteiger charge is -2.06. The number of furan rings is 1. The molecule has 0 unspecified atom stereocenters. The quantitative estimate of drug-likeness (QED) is 0.541. The highest BCUT2D eigenvalue weighted by Crippen LogP contribution is 2.24. The molecule has 0 atom stereocenters. The van der Waals surface area contributed by atoms with Crippen LogP contribution in [0.4, 0.5) is 0 Å². The number of nitrogens with zero attached hydrogens (tertiary/aromatic N) is 3. The summed E-state index contributed by atoms with van der Waals surface area (Å²) >= 11 is 0. The van der Waals surface area contributed by atoms with Crippen molar-refractivity contribution in [2.45, 2.75) is 33.4 Å². The highest BCUT2D eigenvalue weighted by atomic mass is 16.5. The zero-order chi connectivity index (χ0) is 20.4. The van der Waals surface area contributed by atoms with Crippen molar-refractivity contribution in [3.8, 4) is 11.3 Å². The number of aryl methyl sites for hydroxylation is 3. The summed E-state index contributed by atoms with van der Waals surface area (Å²) in [6.45, 7) is 4.33. The zero-order valence-electron chi connectivity index (χ0n) is 16.1. The maximum absolute atomic E-state index is 12.9. The number of aromatic nitrogens is 3. The van der Waals surface area contributed by atoms with E-state index in [0.29, 0.717) is 23.4 Å². The first-order chi connectivity index (χ1) is 14.0. The van der Waals surface area contributed by atoms with E-state index in [4.69, 9.17) is 8.94 Å². The van der Waals surface area contributed by atoms with Gasteiger partial charge in [-0.15, -0.1) is 0 Å². The highest BCUT2D eigenvalue weighted by molar-refractivity contribution is 5.88. The molecule has 1 aromatic carbocycles. The van der Waals surface area contributed by atoms with Gasteiger partial charge in [-0.3, -0.25) is 14.2 Å². The lowest BCUT2D eigenvalue weighted by molar-refractivity contribution is -0.121. The monoisotopic (exact) mass is 392 g/mol. The Morgan fingerprint density at radius 1 is 1.14 bits per heavy atom. The molecule has 3 aromatic heterocycles. The number of nitrogens with one attached hydrogen (secondary N) is 1. The average Bonchev–Trinajstić information content (AvgIpc) is 3.33. The van der Waals surface area contributed by atoms with Crippen LogP contribution in [-0.2, 0) is 17.9 Å². The minimum absolute atomic E-state index is 0.137. The van der Waals surface area contributed by atoms with Crippen LogP contribution in [-0.4, -0.2) is 20.6 Å². The lowest BCUT2D eigenvalue weighted by atomic mass is 10.1. The maximum atomic E-state index is 12.9. The summed E-state index contributed by atoms with van der Waals surface area (Å²) < 4.78 is 12.0. The van der Waals surface area contributed by atoms with E-state index in [9.17, 15) is 9.59 Å². The Bertz CT molecular complexity index is 1220. The number of fused-ring (bicyclic) bond motifs is 1. The van der Waals surface area contributed by atoms with Crippen molar-refractivity contribution < 1.29 is 13.7 Å². The Labute approximate surface area is 166 Å². The molecular formula is C21H20N4O4. The molecule has 8 nitrogen and oxygen atoms in total. The van der Waals surface area contributed by atoms with Crippen LogP contribution in [0.3, 0.4) is 0 Å². The van der Waals surface area contributed by atoms with Crippen molar-refractivity contribution in [1.29, 1.82) is 0 Å². The first-order valence-electron chi connectivity index (χ1n) is 9.25. The SMILES string of the molecule is Cc1ccc(-c2noc3ncn(CCC(=O)NCc4ccc(C)o4)c(=O)c23)cc1. The summed E-state index contributed by atoms with van der Waals surface area (Å²) in [5.74, 6) is 1.29. The van der Waals surface area contributed by atoms with Crippen LogP contribution < -0.4 is 10.9 Å². The van der Waals surface area contributed by atoms with Crippen molar-refractivity contribution in [1.82, 2.24) is 20.0 Å². The molecule has 0 aliphatic carbocycles. The predicted octanol–water partition coefficient (Wildman–Crippen LogP) is 2.97. The number of carbonyl (C=O) groups is 1. The molecule has 0 aliphatic heterocycles. The molecule has 29 heavy (non-hydrogen) atoms. The molecule has 8 heteroatoms. The van der Waals surface area contributed by atoms with Crippen molar-refractivity contribution >= 4 is 17.0 Å². The fourth-order valence-corrected chi connectivity index (χ4v) is 3.02. The fraction of sp³-hybridized carbons (Fsp3) is 0.238. The van der Waals surface area contributed by atoms with E-state index in [1.165, 1.54) is 10.9 Å². The van der Waals surface area contributed by atoms with E-state index in [0.717, 1.165) is 16.9 Å². The number of carbonyl (C=O) groups excluding carboxylic acids is 1. The standard InChI is InChI=1S/C21H20N4O4/c1-13-3-6-15(7-4-13)19-18-20(29-24-19)23-12-25(21(18)27)10-9-17(26)22-11-16-8-5-14(2)28-16/h3-8,12H,9-11H2,1-2H3,(H,22,26). The average molecular weight is 392 g/mol. The van der Waals surface area contributed by atoms with Gasteiger partial charge in [-0.05, 0) is 26.0 Å². The van der Waals surface area contributed by atoms with Gasteiger partial charge < -0.3 is 14.3 Å². The van der Waals surface area contributed by atoms with E-state index in [2.05, 4.69) is 15.5 Å². The number of hydrogen-bond donors (Lipinski definition) is 1. The first kappa shape index (κ1) is 18.7. The molecule has 4 aromatic rings. The lowest BCUT2D eigenvalue weighted by Crippen LogP contribution is -2.27. The topological polar surface area (TPSA) is 103 Å². The summed E-state index contributed by atoms with van der Waals surface area (Å²) in [6, 6.07) is 11.3. The van der Waals surface area contributed by atoms with E-state index >= 15 is 0 Å². The van der Waals surface area contributed by atoms with Gasteiger partial charge in [-0.2, -0.15) is 0 Å². The van der Waals surface area contributed by atoms with Crippen LogP contribution in [0.15, 0.2) is 56.5 Å². The Morgan fingerprint density at radius 2 is 1.93 bits per heavy atom. The molecule has 0 saturated carbocycles. The zero-order valence-corrected chi connectivity index (χ0v) is 16.1. The van der Waals surface area contributed by atoms with Gasteiger partial charge in [0.25, 0.3) is 11.3 Å². The summed E-state index contributed by atoms with van der Waals surface area (Å²) in [6.07, 6.45) is 1.51. The van der Waals surface area contributed by atoms with Gasteiger partial charge in [0.2, 0.25) is 5.91 Å². The first-order valence-corrected chi connectivity index (χ1v) is 9.25. The fourth-order valence-electron chi connectivity index (χ4n) is 3.02. The van der Waals surface area contributed by atoms with E-state index < -0.39 is 0 Å². The van der Waals surface area contributed by atoms with Crippen LogP contribution in [0.25, 0.3) is 22.4 Å². The molecule has 148 valence electrons. The molecule has 4 rings (SSSR count). The van der Waals surface area contributed by atoms with E-state index in [-0.39, 0.29) is 30.1 Å². The van der Waals surface area contributed by atoms with Crippen LogP contribution >= 0.6 is 0 Å². The van der Waals surface area contributed by atoms with Crippen molar-refractivity contribution in [2.75, 3.05) is 0 Å². The van der Waals surface area contributed by atoms with Gasteiger partial charge >= 0.3 is 0 Å². The van der Waals surface area contributed by atoms with Crippen LogP contribution in [0.2, 0.25) is 0 Å². The highest BCUT2D eigenvalue weighted by Gasteiger charge is 2.17. The second kappa shape index (κ2) is 7.75. The van der Waals surface area contributed by atoms with Gasteiger partial charge in [0.15, 0.2) is 0 Å². The smallest absolute Gasteiger partial charge is 0.266 e. The minimum atomic E-state index is -0.290. The van der Waals surface area contributed by atoms with Crippen LogP contribution in [0.1, 0.15) is 23.5 Å². The number of rotatable bonds is 6. The van der Waals surface area contributed by atoms with Crippen molar-refractivity contribution in [3.63, 3.8) is 0 Å². The van der Waals surface area contributed by atoms with Gasteiger partial charge in [-0.1, -0.05) is 35.0 Å². The molecule has 0 radical (unpaired) electrons. The summed E-state index contributed by atoms with van der Waals surface area (Å²) in [4.78, 5) is 29.2. The van der Waals surface area contributed by atoms with Crippen molar-refractivity contribution in [3.05, 3.63) is 70.2 Å². The van der Waals surface area contributed by atoms with Crippen LogP contribution in [0, 0.1) is 13.8 Å². The molecule has 0 spiro atoms. The molecule has 1 amide bonds. The summed E-state index contributed by atoms with van der Waals surface area (Å²) in [5.41, 5.74) is 2.22. The summed E-state index contributed by atoms with van der Waals surface area (Å²) in [7, 11) is 0. The second-order valence-corrected chi connectivity index (χ2v) is 6.86. The maximum Gasteiger partial charge on any atom is 0.266 e. The molecule has 0 fully saturated rings. The Hall–Kier alpha value is -3.68. The Balaban J connectivity index is 1.50. The number of amides is 1. The second-order valence-electron chi connectivity index (χ2n) is 6.86. The summed E-state index contributed by atoms with van der Waals surface area (Å²) in [5, 5.41) is 7.10. The van der Waals surface area contributed by atoms with E-state index in [1.54, 1.807) is 0 Å². The van der Waals surface area contributed by atoms with Crippen molar-refractivity contribution in [2.24, 2.45) is 0 Å². The normalized spacial score (nSPS) is 11.1. The molecule has 0 saturated heterocycles. The predicted molar refractivity (Wildman–Crippen MR) is 106 cm³/mol.